The van der Waals surface area contributed by atoms with Gasteiger partial charge in [0.1, 0.15) is 6.04 Å². The quantitative estimate of drug-likeness (QED) is 0.752. The fourth-order valence-electron chi connectivity index (χ4n) is 1.58. The van der Waals surface area contributed by atoms with Gasteiger partial charge in [0.25, 0.3) is 0 Å². The first kappa shape index (κ1) is 14.4. The van der Waals surface area contributed by atoms with E-state index in [0.717, 1.165) is 5.56 Å². The second-order valence-electron chi connectivity index (χ2n) is 4.08. The predicted octanol–water partition coefficient (Wildman–Crippen LogP) is 1.83. The summed E-state index contributed by atoms with van der Waals surface area (Å²) in [7, 11) is 4.55. The average Bonchev–Trinajstić information content (AvgIpc) is 2.37. The molecule has 4 nitrogen and oxygen atoms in total. The highest BCUT2D eigenvalue weighted by molar-refractivity contribution is 5.75. The lowest BCUT2D eigenvalue weighted by molar-refractivity contribution is -0.145. The van der Waals surface area contributed by atoms with Crippen LogP contribution in [-0.4, -0.2) is 38.2 Å². The number of nitrogens with zero attached hydrogens (tertiary/aromatic N) is 1. The van der Waals surface area contributed by atoms with E-state index in [1.165, 1.54) is 20.3 Å². The topological polar surface area (TPSA) is 38.8 Å². The minimum atomic E-state index is -0.408. The zero-order chi connectivity index (χ0) is 13.7. The summed E-state index contributed by atoms with van der Waals surface area (Å²) in [6, 6.07) is 4.36. The van der Waals surface area contributed by atoms with Gasteiger partial charge in [-0.25, -0.2) is 4.39 Å². The van der Waals surface area contributed by atoms with Crippen LogP contribution >= 0.6 is 0 Å². The average molecular weight is 255 g/mol. The lowest BCUT2D eigenvalue weighted by Gasteiger charge is -2.22. The molecule has 0 radical (unpaired) electrons. The number of benzene rings is 1. The molecule has 0 spiro atoms. The fourth-order valence-corrected chi connectivity index (χ4v) is 1.58. The summed E-state index contributed by atoms with van der Waals surface area (Å²) in [6.45, 7) is 2.20. The molecule has 0 aromatic heterocycles. The first-order chi connectivity index (χ1) is 8.49. The highest BCUT2D eigenvalue weighted by atomic mass is 19.1. The number of carbonyl (C=O) groups is 1. The van der Waals surface area contributed by atoms with E-state index in [4.69, 9.17) is 4.74 Å². The van der Waals surface area contributed by atoms with Crippen molar-refractivity contribution in [3.8, 4) is 5.75 Å². The zero-order valence-electron chi connectivity index (χ0n) is 11.1. The number of esters is 1. The standard InChI is InChI=1S/C13H18FNO3/c1-9(13(16)18-4)15(2)8-10-5-6-12(17-3)11(14)7-10/h5-7,9H,8H2,1-4H3. The molecule has 0 aliphatic carbocycles. The molecule has 0 saturated carbocycles. The van der Waals surface area contributed by atoms with Crippen LogP contribution in [0, 0.1) is 5.82 Å². The van der Waals surface area contributed by atoms with Crippen molar-refractivity contribution in [2.45, 2.75) is 19.5 Å². The molecule has 0 fully saturated rings. The Labute approximate surface area is 106 Å². The van der Waals surface area contributed by atoms with E-state index in [2.05, 4.69) is 4.74 Å². The van der Waals surface area contributed by atoms with Crippen LogP contribution in [-0.2, 0) is 16.1 Å². The first-order valence-electron chi connectivity index (χ1n) is 5.60. The molecule has 1 atom stereocenters. The third-order valence-electron chi connectivity index (χ3n) is 2.85. The molecule has 1 aromatic carbocycles. The summed E-state index contributed by atoms with van der Waals surface area (Å²) in [4.78, 5) is 13.1. The van der Waals surface area contributed by atoms with Crippen molar-refractivity contribution in [1.82, 2.24) is 4.90 Å². The molecule has 1 unspecified atom stereocenters. The minimum Gasteiger partial charge on any atom is -0.494 e. The highest BCUT2D eigenvalue weighted by Gasteiger charge is 2.18. The van der Waals surface area contributed by atoms with Gasteiger partial charge < -0.3 is 9.47 Å². The lowest BCUT2D eigenvalue weighted by atomic mass is 10.2. The van der Waals surface area contributed by atoms with E-state index in [1.54, 1.807) is 31.0 Å². The molecule has 0 aliphatic heterocycles. The Bertz CT molecular complexity index is 423. The van der Waals surface area contributed by atoms with Crippen molar-refractivity contribution in [3.63, 3.8) is 0 Å². The van der Waals surface area contributed by atoms with E-state index in [1.807, 2.05) is 0 Å². The molecule has 0 saturated heterocycles. The molecule has 18 heavy (non-hydrogen) atoms. The molecule has 0 N–H and O–H groups in total. The molecule has 100 valence electrons. The molecule has 5 heteroatoms. The molecule has 0 amide bonds. The normalized spacial score (nSPS) is 12.3. The minimum absolute atomic E-state index is 0.211. The zero-order valence-corrected chi connectivity index (χ0v) is 11.1. The molecule has 0 bridgehead atoms. The van der Waals surface area contributed by atoms with E-state index in [-0.39, 0.29) is 17.8 Å². The van der Waals surface area contributed by atoms with Gasteiger partial charge in [0, 0.05) is 6.54 Å². The second-order valence-corrected chi connectivity index (χ2v) is 4.08. The number of carbonyl (C=O) groups excluding carboxylic acids is 1. The van der Waals surface area contributed by atoms with Gasteiger partial charge in [-0.15, -0.1) is 0 Å². The summed E-state index contributed by atoms with van der Waals surface area (Å²) in [6.07, 6.45) is 0. The number of ether oxygens (including phenoxy) is 2. The monoisotopic (exact) mass is 255 g/mol. The van der Waals surface area contributed by atoms with Crippen LogP contribution in [0.4, 0.5) is 4.39 Å². The maximum atomic E-state index is 13.5. The highest BCUT2D eigenvalue weighted by Crippen LogP contribution is 2.18. The van der Waals surface area contributed by atoms with E-state index in [9.17, 15) is 9.18 Å². The smallest absolute Gasteiger partial charge is 0.322 e. The molecule has 1 aromatic rings. The first-order valence-corrected chi connectivity index (χ1v) is 5.60. The maximum absolute atomic E-state index is 13.5. The Hall–Kier alpha value is -1.62. The van der Waals surface area contributed by atoms with Crippen LogP contribution in [0.15, 0.2) is 18.2 Å². The maximum Gasteiger partial charge on any atom is 0.322 e. The summed E-state index contributed by atoms with van der Waals surface area (Å²) in [5, 5.41) is 0. The lowest BCUT2D eigenvalue weighted by Crippen LogP contribution is -2.36. The SMILES string of the molecule is COC(=O)C(C)N(C)Cc1ccc(OC)c(F)c1. The summed E-state index contributed by atoms with van der Waals surface area (Å²) in [5.74, 6) is -0.511. The number of halogens is 1. The van der Waals surface area contributed by atoms with Gasteiger partial charge in [-0.2, -0.15) is 0 Å². The third kappa shape index (κ3) is 3.43. The Morgan fingerprint density at radius 2 is 2.11 bits per heavy atom. The van der Waals surface area contributed by atoms with Gasteiger partial charge in [-0.1, -0.05) is 6.07 Å². The van der Waals surface area contributed by atoms with Gasteiger partial charge >= 0.3 is 5.97 Å². The van der Waals surface area contributed by atoms with Crippen molar-refractivity contribution in [2.24, 2.45) is 0 Å². The number of rotatable bonds is 5. The van der Waals surface area contributed by atoms with Crippen LogP contribution in [0.5, 0.6) is 5.75 Å². The van der Waals surface area contributed by atoms with Gasteiger partial charge in [-0.05, 0) is 31.7 Å². The summed E-state index contributed by atoms with van der Waals surface area (Å²) in [5.41, 5.74) is 0.770. The fraction of sp³-hybridized carbons (Fsp3) is 0.462. The van der Waals surface area contributed by atoms with Crippen molar-refractivity contribution in [3.05, 3.63) is 29.6 Å². The van der Waals surface area contributed by atoms with Gasteiger partial charge in [0.05, 0.1) is 14.2 Å². The Balaban J connectivity index is 2.73. The van der Waals surface area contributed by atoms with Crippen molar-refractivity contribution in [1.29, 1.82) is 0 Å². The van der Waals surface area contributed by atoms with Crippen LogP contribution in [0.3, 0.4) is 0 Å². The van der Waals surface area contributed by atoms with Crippen molar-refractivity contribution >= 4 is 5.97 Å². The largest absolute Gasteiger partial charge is 0.494 e. The van der Waals surface area contributed by atoms with Crippen LogP contribution < -0.4 is 4.74 Å². The van der Waals surface area contributed by atoms with Gasteiger partial charge in [0.2, 0.25) is 0 Å². The van der Waals surface area contributed by atoms with Gasteiger partial charge in [0.15, 0.2) is 11.6 Å². The second kappa shape index (κ2) is 6.35. The summed E-state index contributed by atoms with van der Waals surface area (Å²) < 4.78 is 23.0. The molecule has 1 rings (SSSR count). The van der Waals surface area contributed by atoms with E-state index in [0.29, 0.717) is 6.54 Å². The predicted molar refractivity (Wildman–Crippen MR) is 65.9 cm³/mol. The summed E-state index contributed by atoms with van der Waals surface area (Å²) >= 11 is 0. The van der Waals surface area contributed by atoms with Crippen molar-refractivity contribution < 1.29 is 18.7 Å². The Morgan fingerprint density at radius 1 is 1.44 bits per heavy atom. The Morgan fingerprint density at radius 3 is 2.61 bits per heavy atom. The van der Waals surface area contributed by atoms with E-state index >= 15 is 0 Å². The number of hydrogen-bond donors (Lipinski definition) is 0. The van der Waals surface area contributed by atoms with Crippen LogP contribution in [0.1, 0.15) is 12.5 Å². The number of likely N-dealkylation sites (N-methyl/N-ethyl adjacent to an activating group) is 1. The molecule has 0 aliphatic rings. The third-order valence-corrected chi connectivity index (χ3v) is 2.85. The van der Waals surface area contributed by atoms with Crippen molar-refractivity contribution in [2.75, 3.05) is 21.3 Å². The molecular weight excluding hydrogens is 237 g/mol. The van der Waals surface area contributed by atoms with E-state index < -0.39 is 5.82 Å². The number of methoxy groups -OCH3 is 2. The van der Waals surface area contributed by atoms with Gasteiger partial charge in [-0.3, -0.25) is 9.69 Å². The van der Waals surface area contributed by atoms with Crippen LogP contribution in [0.2, 0.25) is 0 Å². The molecular formula is C13H18FNO3. The van der Waals surface area contributed by atoms with Crippen LogP contribution in [0.25, 0.3) is 0 Å². The number of hydrogen-bond acceptors (Lipinski definition) is 4. The molecule has 0 heterocycles. The Kier molecular flexibility index (Phi) is 5.09.